The average molecular weight is 383 g/mol. The van der Waals surface area contributed by atoms with Crippen LogP contribution in [0.4, 0.5) is 5.69 Å². The van der Waals surface area contributed by atoms with Crippen LogP contribution < -0.4 is 4.90 Å². The molecule has 0 heterocycles. The van der Waals surface area contributed by atoms with Gasteiger partial charge in [-0.15, -0.1) is 0 Å². The van der Waals surface area contributed by atoms with Crippen LogP contribution >= 0.6 is 0 Å². The molecule has 146 valence electrons. The van der Waals surface area contributed by atoms with Crippen LogP contribution in [0.15, 0.2) is 36.4 Å². The smallest absolute Gasteiger partial charge is 0.193 e. The van der Waals surface area contributed by atoms with Gasteiger partial charge in [-0.1, -0.05) is 38.1 Å². The molecule has 0 atom stereocenters. The molecule has 0 unspecified atom stereocenters. The zero-order chi connectivity index (χ0) is 22.2. The van der Waals surface area contributed by atoms with Crippen molar-refractivity contribution >= 4 is 5.69 Å². The second-order valence-electron chi connectivity index (χ2n) is 6.63. The Kier molecular flexibility index (Phi) is 7.97. The second-order valence-corrected chi connectivity index (χ2v) is 6.63. The molecule has 0 aliphatic rings. The fourth-order valence-electron chi connectivity index (χ4n) is 3.16. The van der Waals surface area contributed by atoms with Crippen LogP contribution in [0.1, 0.15) is 47.6 Å². The number of rotatable bonds is 4. The van der Waals surface area contributed by atoms with Crippen molar-refractivity contribution in [2.45, 2.75) is 39.0 Å². The number of hydrogen-bond acceptors (Lipinski definition) is 5. The Hall–Kier alpha value is -3.80. The summed E-state index contributed by atoms with van der Waals surface area (Å²) in [6.45, 7) is 7.58. The van der Waals surface area contributed by atoms with Crippen molar-refractivity contribution in [1.29, 1.82) is 21.0 Å². The summed E-state index contributed by atoms with van der Waals surface area (Å²) in [4.78, 5) is 1.94. The van der Waals surface area contributed by atoms with Gasteiger partial charge < -0.3 is 4.90 Å². The lowest BCUT2D eigenvalue weighted by molar-refractivity contribution is 0.833. The molecule has 5 heteroatoms. The van der Waals surface area contributed by atoms with Gasteiger partial charge in [-0.25, -0.2) is 0 Å². The van der Waals surface area contributed by atoms with E-state index >= 15 is 0 Å². The molecule has 0 aliphatic heterocycles. The molecule has 0 bridgehead atoms. The molecule has 0 aromatic heterocycles. The van der Waals surface area contributed by atoms with E-state index in [1.54, 1.807) is 38.1 Å². The standard InChI is InChI=1S/C22H19N5.C2H6/c1-15-10-21(16(2)9-20(15)17(11-23)12-24)22(13-25,14-26)18-5-7-19(8-6-18)27(3)4;1-2/h5-10,17H,1-4H3;1-2H3. The summed E-state index contributed by atoms with van der Waals surface area (Å²) in [5.74, 6) is -0.879. The van der Waals surface area contributed by atoms with Crippen molar-refractivity contribution < 1.29 is 0 Å². The first-order valence-electron chi connectivity index (χ1n) is 9.35. The maximum absolute atomic E-state index is 9.96. The summed E-state index contributed by atoms with van der Waals surface area (Å²) in [5.41, 5.74) is 2.68. The third-order valence-electron chi connectivity index (χ3n) is 4.74. The van der Waals surface area contributed by atoms with Crippen molar-refractivity contribution in [3.05, 3.63) is 64.2 Å². The first-order chi connectivity index (χ1) is 13.8. The normalized spacial score (nSPS) is 9.90. The highest BCUT2D eigenvalue weighted by atomic mass is 15.1. The molecule has 0 saturated heterocycles. The molecule has 0 fully saturated rings. The highest BCUT2D eigenvalue weighted by Crippen LogP contribution is 2.36. The molecule has 0 amide bonds. The predicted octanol–water partition coefficient (Wildman–Crippen LogP) is 4.86. The van der Waals surface area contributed by atoms with Gasteiger partial charge in [0.1, 0.15) is 0 Å². The molecule has 2 aromatic rings. The minimum Gasteiger partial charge on any atom is -0.378 e. The molecule has 0 aliphatic carbocycles. The maximum atomic E-state index is 9.96. The highest BCUT2D eigenvalue weighted by Gasteiger charge is 2.37. The van der Waals surface area contributed by atoms with Crippen LogP contribution in [-0.4, -0.2) is 14.1 Å². The second kappa shape index (κ2) is 9.94. The van der Waals surface area contributed by atoms with Gasteiger partial charge in [0.15, 0.2) is 11.3 Å². The summed E-state index contributed by atoms with van der Waals surface area (Å²) < 4.78 is 0. The van der Waals surface area contributed by atoms with Crippen LogP contribution in [-0.2, 0) is 5.41 Å². The third kappa shape index (κ3) is 4.38. The van der Waals surface area contributed by atoms with Crippen molar-refractivity contribution in [1.82, 2.24) is 0 Å². The summed E-state index contributed by atoms with van der Waals surface area (Å²) >= 11 is 0. The highest BCUT2D eigenvalue weighted by molar-refractivity contribution is 5.60. The van der Waals surface area contributed by atoms with E-state index in [2.05, 4.69) is 12.1 Å². The number of nitriles is 4. The third-order valence-corrected chi connectivity index (χ3v) is 4.74. The van der Waals surface area contributed by atoms with E-state index in [0.717, 1.165) is 5.69 Å². The molecule has 2 aromatic carbocycles. The Morgan fingerprint density at radius 3 is 1.76 bits per heavy atom. The number of aryl methyl sites for hydroxylation is 2. The van der Waals surface area contributed by atoms with Crippen molar-refractivity contribution in [3.63, 3.8) is 0 Å². The predicted molar refractivity (Wildman–Crippen MR) is 114 cm³/mol. The number of hydrogen-bond donors (Lipinski definition) is 0. The van der Waals surface area contributed by atoms with Crippen LogP contribution in [0, 0.1) is 59.2 Å². The van der Waals surface area contributed by atoms with Crippen molar-refractivity contribution in [2.75, 3.05) is 19.0 Å². The fraction of sp³-hybridized carbons (Fsp3) is 0.333. The molecule has 0 saturated carbocycles. The molecule has 0 radical (unpaired) electrons. The molecule has 0 N–H and O–H groups in total. The number of benzene rings is 2. The van der Waals surface area contributed by atoms with Crippen LogP contribution in [0.2, 0.25) is 0 Å². The minimum absolute atomic E-state index is 0.570. The van der Waals surface area contributed by atoms with E-state index in [-0.39, 0.29) is 0 Å². The quantitative estimate of drug-likeness (QED) is 0.751. The Bertz CT molecular complexity index is 994. The average Bonchev–Trinajstić information content (AvgIpc) is 2.75. The lowest BCUT2D eigenvalue weighted by atomic mass is 9.73. The van der Waals surface area contributed by atoms with Gasteiger partial charge in [0.2, 0.25) is 0 Å². The Labute approximate surface area is 173 Å². The van der Waals surface area contributed by atoms with Gasteiger partial charge in [0.05, 0.1) is 24.3 Å². The maximum Gasteiger partial charge on any atom is 0.193 e. The van der Waals surface area contributed by atoms with Gasteiger partial charge in [-0.2, -0.15) is 21.0 Å². The van der Waals surface area contributed by atoms with Crippen molar-refractivity contribution in [2.24, 2.45) is 0 Å². The SMILES string of the molecule is CC.Cc1cc(C(C#N)(C#N)c2ccc(N(C)C)cc2)c(C)cc1C(C#N)C#N. The Morgan fingerprint density at radius 1 is 0.828 bits per heavy atom. The van der Waals surface area contributed by atoms with E-state index < -0.39 is 11.3 Å². The van der Waals surface area contributed by atoms with Gasteiger partial charge in [0.25, 0.3) is 0 Å². The summed E-state index contributed by atoms with van der Waals surface area (Å²) in [7, 11) is 3.84. The van der Waals surface area contributed by atoms with E-state index in [1.165, 1.54) is 0 Å². The number of anilines is 1. The largest absolute Gasteiger partial charge is 0.378 e. The summed E-state index contributed by atoms with van der Waals surface area (Å²) in [6.07, 6.45) is 0. The lowest BCUT2D eigenvalue weighted by Gasteiger charge is -2.24. The lowest BCUT2D eigenvalue weighted by Crippen LogP contribution is -2.25. The van der Waals surface area contributed by atoms with E-state index in [9.17, 15) is 21.0 Å². The molecule has 29 heavy (non-hydrogen) atoms. The Morgan fingerprint density at radius 2 is 1.34 bits per heavy atom. The van der Waals surface area contributed by atoms with E-state index in [0.29, 0.717) is 27.8 Å². The molecule has 0 spiro atoms. The van der Waals surface area contributed by atoms with Crippen LogP contribution in [0.5, 0.6) is 0 Å². The van der Waals surface area contributed by atoms with Crippen LogP contribution in [0.3, 0.4) is 0 Å². The number of nitrogens with zero attached hydrogens (tertiary/aromatic N) is 5. The van der Waals surface area contributed by atoms with Crippen molar-refractivity contribution in [3.8, 4) is 24.3 Å². The fourth-order valence-corrected chi connectivity index (χ4v) is 3.16. The van der Waals surface area contributed by atoms with Gasteiger partial charge in [0, 0.05) is 19.8 Å². The van der Waals surface area contributed by atoms with Gasteiger partial charge >= 0.3 is 0 Å². The van der Waals surface area contributed by atoms with Crippen LogP contribution in [0.25, 0.3) is 0 Å². The van der Waals surface area contributed by atoms with E-state index in [4.69, 9.17) is 0 Å². The first-order valence-corrected chi connectivity index (χ1v) is 9.35. The summed E-state index contributed by atoms with van der Waals surface area (Å²) in [5, 5.41) is 38.3. The first kappa shape index (κ1) is 23.2. The zero-order valence-corrected chi connectivity index (χ0v) is 17.8. The monoisotopic (exact) mass is 383 g/mol. The molecular formula is C24H25N5. The Balaban J connectivity index is 0.00000204. The summed E-state index contributed by atoms with van der Waals surface area (Å²) in [6, 6.07) is 19.1. The molecule has 2 rings (SSSR count). The van der Waals surface area contributed by atoms with Gasteiger partial charge in [-0.05, 0) is 53.8 Å². The van der Waals surface area contributed by atoms with Gasteiger partial charge in [-0.3, -0.25) is 0 Å². The molecule has 5 nitrogen and oxygen atoms in total. The molecular weight excluding hydrogens is 358 g/mol. The minimum atomic E-state index is -1.47. The topological polar surface area (TPSA) is 98.4 Å². The zero-order valence-electron chi connectivity index (χ0n) is 17.8. The van der Waals surface area contributed by atoms with E-state index in [1.807, 2.05) is 57.1 Å².